The van der Waals surface area contributed by atoms with Gasteiger partial charge >= 0.3 is 0 Å². The lowest BCUT2D eigenvalue weighted by molar-refractivity contribution is -0.119. The van der Waals surface area contributed by atoms with Gasteiger partial charge in [0.1, 0.15) is 0 Å². The molecular formula is C9H15N5O3S. The van der Waals surface area contributed by atoms with Gasteiger partial charge in [0.25, 0.3) is 10.0 Å². The van der Waals surface area contributed by atoms with Crippen molar-refractivity contribution in [2.75, 3.05) is 18.5 Å². The third-order valence-corrected chi connectivity index (χ3v) is 3.34. The minimum atomic E-state index is -3.88. The Morgan fingerprint density at radius 1 is 1.50 bits per heavy atom. The van der Waals surface area contributed by atoms with E-state index in [9.17, 15) is 13.2 Å². The zero-order valence-electron chi connectivity index (χ0n) is 9.80. The van der Waals surface area contributed by atoms with E-state index in [0.29, 0.717) is 6.54 Å². The number of nitrogens with two attached hydrogens (primary N) is 1. The van der Waals surface area contributed by atoms with Gasteiger partial charge in [0.2, 0.25) is 5.91 Å². The van der Waals surface area contributed by atoms with Crippen molar-refractivity contribution in [3.63, 3.8) is 0 Å². The average molecular weight is 273 g/mol. The number of pyridine rings is 1. The fourth-order valence-corrected chi connectivity index (χ4v) is 2.28. The summed E-state index contributed by atoms with van der Waals surface area (Å²) in [7, 11) is -3.88. The van der Waals surface area contributed by atoms with Crippen molar-refractivity contribution >= 4 is 21.6 Å². The molecule has 0 bridgehead atoms. The number of rotatable bonds is 6. The van der Waals surface area contributed by atoms with Crippen LogP contribution in [0.1, 0.15) is 6.92 Å². The number of nitrogen functional groups attached to an aromatic ring is 1. The Morgan fingerprint density at radius 3 is 2.83 bits per heavy atom. The number of carbonyl (C=O) groups is 1. The summed E-state index contributed by atoms with van der Waals surface area (Å²) < 4.78 is 25.9. The van der Waals surface area contributed by atoms with Crippen LogP contribution in [-0.2, 0) is 14.8 Å². The van der Waals surface area contributed by atoms with Crippen LogP contribution in [0.25, 0.3) is 0 Å². The quantitative estimate of drug-likeness (QED) is 0.380. The van der Waals surface area contributed by atoms with Gasteiger partial charge in [-0.2, -0.15) is 0 Å². The summed E-state index contributed by atoms with van der Waals surface area (Å²) in [5.41, 5.74) is 2.39. The summed E-state index contributed by atoms with van der Waals surface area (Å²) in [5.74, 6) is 4.77. The molecule has 8 nitrogen and oxygen atoms in total. The van der Waals surface area contributed by atoms with Gasteiger partial charge in [-0.3, -0.25) is 10.6 Å². The smallest absolute Gasteiger partial charge is 0.260 e. The van der Waals surface area contributed by atoms with E-state index in [4.69, 9.17) is 5.84 Å². The van der Waals surface area contributed by atoms with Crippen molar-refractivity contribution in [3.8, 4) is 0 Å². The van der Waals surface area contributed by atoms with Gasteiger partial charge in [0.15, 0.2) is 5.03 Å². The molecule has 0 aromatic carbocycles. The van der Waals surface area contributed by atoms with Crippen LogP contribution in [0, 0.1) is 0 Å². The van der Waals surface area contributed by atoms with Crippen LogP contribution in [-0.4, -0.2) is 32.4 Å². The first-order valence-electron chi connectivity index (χ1n) is 5.19. The number of hydrogen-bond donors (Lipinski definition) is 4. The van der Waals surface area contributed by atoms with E-state index in [1.54, 1.807) is 6.92 Å². The molecule has 0 saturated carbocycles. The first-order chi connectivity index (χ1) is 8.51. The standard InChI is InChI=1S/C9H15N5O3S/c1-2-11-8(15)6-13-18(16,17)9-7(14-10)4-3-5-12-9/h3-5,13-14H,2,6,10H2,1H3,(H,11,15). The van der Waals surface area contributed by atoms with Crippen LogP contribution in [0.15, 0.2) is 23.4 Å². The zero-order chi connectivity index (χ0) is 13.6. The number of sulfonamides is 1. The van der Waals surface area contributed by atoms with Gasteiger partial charge in [-0.15, -0.1) is 0 Å². The Hall–Kier alpha value is -1.71. The number of amides is 1. The van der Waals surface area contributed by atoms with Gasteiger partial charge in [-0.25, -0.2) is 18.1 Å². The minimum Gasteiger partial charge on any atom is -0.355 e. The first-order valence-corrected chi connectivity index (χ1v) is 6.67. The predicted molar refractivity (Wildman–Crippen MR) is 65.9 cm³/mol. The Kier molecular flexibility index (Phi) is 5.01. The highest BCUT2D eigenvalue weighted by Gasteiger charge is 2.20. The highest BCUT2D eigenvalue weighted by molar-refractivity contribution is 7.89. The highest BCUT2D eigenvalue weighted by atomic mass is 32.2. The summed E-state index contributed by atoms with van der Waals surface area (Å²) >= 11 is 0. The SMILES string of the molecule is CCNC(=O)CNS(=O)(=O)c1ncccc1NN. The van der Waals surface area contributed by atoms with E-state index in [1.807, 2.05) is 0 Å². The molecule has 9 heteroatoms. The molecule has 0 fully saturated rings. The molecule has 0 aliphatic heterocycles. The molecule has 0 saturated heterocycles. The van der Waals surface area contributed by atoms with Crippen molar-refractivity contribution in [1.29, 1.82) is 0 Å². The van der Waals surface area contributed by atoms with Crippen LogP contribution < -0.4 is 21.3 Å². The third-order valence-electron chi connectivity index (χ3n) is 1.98. The first kappa shape index (κ1) is 14.4. The second-order valence-corrected chi connectivity index (χ2v) is 4.96. The Bertz CT molecular complexity index is 517. The van der Waals surface area contributed by atoms with E-state index in [-0.39, 0.29) is 17.3 Å². The minimum absolute atomic E-state index is 0.154. The van der Waals surface area contributed by atoms with Crippen molar-refractivity contribution in [3.05, 3.63) is 18.3 Å². The van der Waals surface area contributed by atoms with Crippen LogP contribution in [0.2, 0.25) is 0 Å². The van der Waals surface area contributed by atoms with Crippen LogP contribution in [0.4, 0.5) is 5.69 Å². The molecule has 0 aliphatic carbocycles. The summed E-state index contributed by atoms with van der Waals surface area (Å²) in [6.45, 7) is 1.82. The lowest BCUT2D eigenvalue weighted by Crippen LogP contribution is -2.37. The molecule has 0 atom stereocenters. The molecule has 0 unspecified atom stereocenters. The van der Waals surface area contributed by atoms with Crippen molar-refractivity contribution in [1.82, 2.24) is 15.0 Å². The number of carbonyl (C=O) groups excluding carboxylic acids is 1. The number of nitrogens with zero attached hydrogens (tertiary/aromatic N) is 1. The van der Waals surface area contributed by atoms with Crippen LogP contribution in [0.5, 0.6) is 0 Å². The van der Waals surface area contributed by atoms with E-state index >= 15 is 0 Å². The number of hydrazine groups is 1. The maximum Gasteiger partial charge on any atom is 0.260 e. The maximum absolute atomic E-state index is 11.9. The van der Waals surface area contributed by atoms with Gasteiger partial charge in [0.05, 0.1) is 12.2 Å². The summed E-state index contributed by atoms with van der Waals surface area (Å²) in [5, 5.41) is 2.22. The second-order valence-electron chi connectivity index (χ2n) is 3.28. The lowest BCUT2D eigenvalue weighted by Gasteiger charge is -2.09. The normalized spacial score (nSPS) is 11.0. The van der Waals surface area contributed by atoms with Crippen molar-refractivity contribution in [2.45, 2.75) is 11.9 Å². The molecule has 0 spiro atoms. The van der Waals surface area contributed by atoms with Crippen molar-refractivity contribution < 1.29 is 13.2 Å². The molecule has 1 amide bonds. The highest BCUT2D eigenvalue weighted by Crippen LogP contribution is 2.15. The molecular weight excluding hydrogens is 258 g/mol. The molecule has 1 heterocycles. The Labute approximate surface area is 105 Å². The topological polar surface area (TPSA) is 126 Å². The predicted octanol–water partition coefficient (Wildman–Crippen LogP) is -1.22. The number of hydrogen-bond acceptors (Lipinski definition) is 6. The molecule has 1 aromatic rings. The number of aromatic nitrogens is 1. The summed E-state index contributed by atoms with van der Waals surface area (Å²) in [6.07, 6.45) is 1.32. The Morgan fingerprint density at radius 2 is 2.22 bits per heavy atom. The van der Waals surface area contributed by atoms with Gasteiger partial charge in [0, 0.05) is 12.7 Å². The van der Waals surface area contributed by atoms with Crippen molar-refractivity contribution in [2.24, 2.45) is 5.84 Å². The number of anilines is 1. The van der Waals surface area contributed by atoms with E-state index < -0.39 is 15.9 Å². The third kappa shape index (κ3) is 3.65. The fraction of sp³-hybridized carbons (Fsp3) is 0.333. The molecule has 18 heavy (non-hydrogen) atoms. The monoisotopic (exact) mass is 273 g/mol. The van der Waals surface area contributed by atoms with Gasteiger partial charge in [-0.1, -0.05) is 0 Å². The summed E-state index contributed by atoms with van der Waals surface area (Å²) in [4.78, 5) is 14.9. The molecule has 100 valence electrons. The molecule has 0 radical (unpaired) electrons. The zero-order valence-corrected chi connectivity index (χ0v) is 10.6. The molecule has 0 aliphatic rings. The summed E-state index contributed by atoms with van der Waals surface area (Å²) in [6, 6.07) is 3.01. The van der Waals surface area contributed by atoms with Gasteiger partial charge < -0.3 is 10.7 Å². The molecule has 1 rings (SSSR count). The average Bonchev–Trinajstić information content (AvgIpc) is 2.37. The van der Waals surface area contributed by atoms with E-state index in [0.717, 1.165) is 0 Å². The number of nitrogens with one attached hydrogen (secondary N) is 3. The second kappa shape index (κ2) is 6.28. The fourth-order valence-electron chi connectivity index (χ4n) is 1.20. The van der Waals surface area contributed by atoms with Gasteiger partial charge in [-0.05, 0) is 19.1 Å². The van der Waals surface area contributed by atoms with E-state index in [1.165, 1.54) is 18.3 Å². The Balaban J connectivity index is 2.83. The van der Waals surface area contributed by atoms with E-state index in [2.05, 4.69) is 20.4 Å². The maximum atomic E-state index is 11.9. The molecule has 1 aromatic heterocycles. The van der Waals surface area contributed by atoms with Crippen LogP contribution in [0.3, 0.4) is 0 Å². The van der Waals surface area contributed by atoms with Crippen LogP contribution >= 0.6 is 0 Å². The number of likely N-dealkylation sites (N-methyl/N-ethyl adjacent to an activating group) is 1. The largest absolute Gasteiger partial charge is 0.355 e. The molecule has 5 N–H and O–H groups in total. The lowest BCUT2D eigenvalue weighted by atomic mass is 10.4.